The summed E-state index contributed by atoms with van der Waals surface area (Å²) in [6.07, 6.45) is 3.19. The van der Waals surface area contributed by atoms with Crippen LogP contribution in [0.5, 0.6) is 0 Å². The Bertz CT molecular complexity index is 894. The average molecular weight is 399 g/mol. The second-order valence-electron chi connectivity index (χ2n) is 7.67. The Kier molecular flexibility index (Phi) is 4.60. The van der Waals surface area contributed by atoms with E-state index in [9.17, 15) is 24.0 Å². The SMILES string of the molecule is C[C@@H]1CCCC[C@@]12NC(=O)N(CC(=O)OCN1C(=O)c3ccccc3C1=O)C2=O. The van der Waals surface area contributed by atoms with Crippen molar-refractivity contribution in [1.29, 1.82) is 0 Å². The van der Waals surface area contributed by atoms with Crippen molar-refractivity contribution in [2.75, 3.05) is 13.3 Å². The summed E-state index contributed by atoms with van der Waals surface area (Å²) in [5.41, 5.74) is -0.468. The zero-order valence-electron chi connectivity index (χ0n) is 16.0. The highest BCUT2D eigenvalue weighted by Gasteiger charge is 2.55. The van der Waals surface area contributed by atoms with Crippen molar-refractivity contribution in [1.82, 2.24) is 15.1 Å². The molecule has 152 valence electrons. The average Bonchev–Trinajstić information content (AvgIpc) is 3.09. The van der Waals surface area contributed by atoms with Crippen LogP contribution in [0.15, 0.2) is 24.3 Å². The lowest BCUT2D eigenvalue weighted by atomic mass is 9.73. The summed E-state index contributed by atoms with van der Waals surface area (Å²) in [7, 11) is 0. The van der Waals surface area contributed by atoms with Gasteiger partial charge in [0, 0.05) is 0 Å². The van der Waals surface area contributed by atoms with Crippen LogP contribution < -0.4 is 5.32 Å². The molecule has 0 radical (unpaired) electrons. The summed E-state index contributed by atoms with van der Waals surface area (Å²) in [4.78, 5) is 63.7. The van der Waals surface area contributed by atoms with E-state index in [-0.39, 0.29) is 17.0 Å². The van der Waals surface area contributed by atoms with Crippen LogP contribution in [0.1, 0.15) is 53.3 Å². The Morgan fingerprint density at radius 3 is 2.38 bits per heavy atom. The van der Waals surface area contributed by atoms with E-state index < -0.39 is 48.5 Å². The summed E-state index contributed by atoms with van der Waals surface area (Å²) in [5.74, 6) is -2.42. The lowest BCUT2D eigenvalue weighted by Crippen LogP contribution is -2.54. The fourth-order valence-corrected chi connectivity index (χ4v) is 4.31. The third kappa shape index (κ3) is 2.97. The fourth-order valence-electron chi connectivity index (χ4n) is 4.31. The third-order valence-electron chi connectivity index (χ3n) is 6.02. The summed E-state index contributed by atoms with van der Waals surface area (Å²) in [6.45, 7) is 0.778. The number of hydrogen-bond acceptors (Lipinski definition) is 6. The quantitative estimate of drug-likeness (QED) is 0.464. The van der Waals surface area contributed by atoms with Crippen molar-refractivity contribution in [2.24, 2.45) is 5.92 Å². The molecule has 1 aliphatic carbocycles. The minimum absolute atomic E-state index is 0.0212. The summed E-state index contributed by atoms with van der Waals surface area (Å²) in [5, 5.41) is 2.76. The van der Waals surface area contributed by atoms with E-state index in [0.29, 0.717) is 6.42 Å². The van der Waals surface area contributed by atoms with Crippen molar-refractivity contribution in [2.45, 2.75) is 38.1 Å². The van der Waals surface area contributed by atoms with Gasteiger partial charge in [0.15, 0.2) is 6.73 Å². The van der Waals surface area contributed by atoms with Gasteiger partial charge in [0.1, 0.15) is 12.1 Å². The van der Waals surface area contributed by atoms with Crippen LogP contribution >= 0.6 is 0 Å². The molecule has 3 aliphatic rings. The van der Waals surface area contributed by atoms with Gasteiger partial charge < -0.3 is 10.1 Å². The van der Waals surface area contributed by atoms with Crippen LogP contribution in [-0.4, -0.2) is 58.3 Å². The molecule has 1 aromatic carbocycles. The number of esters is 1. The predicted octanol–water partition coefficient (Wildman–Crippen LogP) is 1.28. The first-order valence-corrected chi connectivity index (χ1v) is 9.60. The maximum atomic E-state index is 12.9. The van der Waals surface area contributed by atoms with Gasteiger partial charge in [0.2, 0.25) is 0 Å². The highest BCUT2D eigenvalue weighted by atomic mass is 16.5. The summed E-state index contributed by atoms with van der Waals surface area (Å²) >= 11 is 0. The zero-order chi connectivity index (χ0) is 20.8. The molecule has 0 aromatic heterocycles. The van der Waals surface area contributed by atoms with Crippen LogP contribution in [0, 0.1) is 5.92 Å². The molecule has 1 saturated carbocycles. The van der Waals surface area contributed by atoms with Crippen LogP contribution in [0.3, 0.4) is 0 Å². The number of fused-ring (bicyclic) bond motifs is 1. The Balaban J connectivity index is 1.38. The van der Waals surface area contributed by atoms with Gasteiger partial charge in [-0.15, -0.1) is 0 Å². The molecule has 9 heteroatoms. The first kappa shape index (κ1) is 19.1. The highest BCUT2D eigenvalue weighted by molar-refractivity contribution is 6.21. The van der Waals surface area contributed by atoms with Gasteiger partial charge in [-0.3, -0.25) is 24.1 Å². The van der Waals surface area contributed by atoms with Gasteiger partial charge >= 0.3 is 12.0 Å². The summed E-state index contributed by atoms with van der Waals surface area (Å²) in [6, 6.07) is 5.70. The number of ether oxygens (including phenoxy) is 1. The molecule has 2 aliphatic heterocycles. The molecular formula is C20H21N3O6. The molecule has 1 spiro atoms. The second-order valence-corrected chi connectivity index (χ2v) is 7.67. The number of rotatable bonds is 4. The van der Waals surface area contributed by atoms with E-state index in [1.54, 1.807) is 12.1 Å². The Morgan fingerprint density at radius 1 is 1.10 bits per heavy atom. The Morgan fingerprint density at radius 2 is 1.76 bits per heavy atom. The lowest BCUT2D eigenvalue weighted by molar-refractivity contribution is -0.150. The molecule has 1 aromatic rings. The molecule has 1 N–H and O–H groups in total. The van der Waals surface area contributed by atoms with Gasteiger partial charge in [-0.1, -0.05) is 31.9 Å². The molecule has 5 amide bonds. The topological polar surface area (TPSA) is 113 Å². The summed E-state index contributed by atoms with van der Waals surface area (Å²) < 4.78 is 5.03. The molecule has 1 saturated heterocycles. The van der Waals surface area contributed by atoms with Gasteiger partial charge in [-0.25, -0.2) is 9.69 Å². The van der Waals surface area contributed by atoms with Crippen molar-refractivity contribution in [3.63, 3.8) is 0 Å². The van der Waals surface area contributed by atoms with Crippen molar-refractivity contribution < 1.29 is 28.7 Å². The molecule has 0 bridgehead atoms. The standard InChI is InChI=1S/C20H21N3O6/c1-12-6-4-5-9-20(12)18(27)22(19(28)21-20)10-15(24)29-11-23-16(25)13-7-2-3-8-14(13)17(23)26/h2-3,7-8,12H,4-6,9-11H2,1H3,(H,21,28)/t12-,20-/m1/s1. The number of amides is 5. The van der Waals surface area contributed by atoms with Gasteiger partial charge in [0.05, 0.1) is 11.1 Å². The van der Waals surface area contributed by atoms with Crippen LogP contribution in [-0.2, 0) is 14.3 Å². The first-order chi connectivity index (χ1) is 13.8. The molecule has 2 atom stereocenters. The zero-order valence-corrected chi connectivity index (χ0v) is 16.0. The number of imide groups is 2. The van der Waals surface area contributed by atoms with Crippen molar-refractivity contribution in [3.05, 3.63) is 35.4 Å². The van der Waals surface area contributed by atoms with E-state index in [1.807, 2.05) is 6.92 Å². The van der Waals surface area contributed by atoms with Crippen molar-refractivity contribution >= 4 is 29.7 Å². The molecule has 2 fully saturated rings. The van der Waals surface area contributed by atoms with Crippen LogP contribution in [0.4, 0.5) is 4.79 Å². The maximum absolute atomic E-state index is 12.9. The Labute approximate surface area is 167 Å². The third-order valence-corrected chi connectivity index (χ3v) is 6.02. The number of nitrogens with one attached hydrogen (secondary N) is 1. The second kappa shape index (κ2) is 6.98. The highest BCUT2D eigenvalue weighted by Crippen LogP contribution is 2.38. The van der Waals surface area contributed by atoms with E-state index in [0.717, 1.165) is 29.1 Å². The van der Waals surface area contributed by atoms with Crippen LogP contribution in [0.25, 0.3) is 0 Å². The molecular weight excluding hydrogens is 378 g/mol. The first-order valence-electron chi connectivity index (χ1n) is 9.60. The number of urea groups is 1. The fraction of sp³-hybridized carbons (Fsp3) is 0.450. The maximum Gasteiger partial charge on any atom is 0.328 e. The van der Waals surface area contributed by atoms with Gasteiger partial charge in [-0.2, -0.15) is 0 Å². The number of benzene rings is 1. The molecule has 29 heavy (non-hydrogen) atoms. The van der Waals surface area contributed by atoms with E-state index in [4.69, 9.17) is 4.74 Å². The minimum atomic E-state index is -0.960. The molecule has 4 rings (SSSR count). The van der Waals surface area contributed by atoms with Gasteiger partial charge in [0.25, 0.3) is 17.7 Å². The van der Waals surface area contributed by atoms with Gasteiger partial charge in [-0.05, 0) is 30.9 Å². The smallest absolute Gasteiger partial charge is 0.328 e. The molecule has 2 heterocycles. The minimum Gasteiger partial charge on any atom is -0.442 e. The van der Waals surface area contributed by atoms with Crippen LogP contribution in [0.2, 0.25) is 0 Å². The number of carbonyl (C=O) groups excluding carboxylic acids is 5. The van der Waals surface area contributed by atoms with E-state index in [1.165, 1.54) is 12.1 Å². The normalized spacial score (nSPS) is 26.2. The number of hydrogen-bond donors (Lipinski definition) is 1. The van der Waals surface area contributed by atoms with Crippen molar-refractivity contribution in [3.8, 4) is 0 Å². The Hall–Kier alpha value is -3.23. The van der Waals surface area contributed by atoms with E-state index >= 15 is 0 Å². The monoisotopic (exact) mass is 399 g/mol. The largest absolute Gasteiger partial charge is 0.442 e. The molecule has 0 unspecified atom stereocenters. The predicted molar refractivity (Wildman–Crippen MR) is 98.5 cm³/mol. The lowest BCUT2D eigenvalue weighted by Gasteiger charge is -2.36. The number of carbonyl (C=O) groups is 5. The number of nitrogens with zero attached hydrogens (tertiary/aromatic N) is 2. The molecule has 9 nitrogen and oxygen atoms in total. The van der Waals surface area contributed by atoms with E-state index in [2.05, 4.69) is 5.32 Å².